The molecule has 0 bridgehead atoms. The third-order valence-electron chi connectivity index (χ3n) is 2.68. The number of ketones is 1. The molecule has 3 heteroatoms. The molecule has 1 atom stereocenters. The first kappa shape index (κ1) is 10.3. The lowest BCUT2D eigenvalue weighted by Crippen LogP contribution is -2.35. The molecule has 0 amide bonds. The zero-order chi connectivity index (χ0) is 10.7. The smallest absolute Gasteiger partial charge is 0.184 e. The number of piperidine rings is 1. The van der Waals surface area contributed by atoms with Crippen molar-refractivity contribution in [3.8, 4) is 0 Å². The highest BCUT2D eigenvalue weighted by Crippen LogP contribution is 2.16. The molecule has 1 aromatic rings. The summed E-state index contributed by atoms with van der Waals surface area (Å²) in [7, 11) is 0. The van der Waals surface area contributed by atoms with Crippen LogP contribution in [0, 0.1) is 5.82 Å². The van der Waals surface area contributed by atoms with Crippen LogP contribution in [0.5, 0.6) is 0 Å². The van der Waals surface area contributed by atoms with Crippen molar-refractivity contribution in [2.24, 2.45) is 0 Å². The van der Waals surface area contributed by atoms with Gasteiger partial charge in [0.1, 0.15) is 5.82 Å². The predicted molar refractivity (Wildman–Crippen MR) is 55.4 cm³/mol. The number of Topliss-reactive ketones (excluding diaryl/α,β-unsaturated/α-hetero) is 1. The van der Waals surface area contributed by atoms with Gasteiger partial charge in [-0.15, -0.1) is 0 Å². The maximum Gasteiger partial charge on any atom is 0.184 e. The van der Waals surface area contributed by atoms with Crippen molar-refractivity contribution in [1.82, 2.24) is 5.32 Å². The van der Waals surface area contributed by atoms with Crippen LogP contribution in [0.1, 0.15) is 29.6 Å². The Hall–Kier alpha value is -1.22. The fourth-order valence-electron chi connectivity index (χ4n) is 1.84. The van der Waals surface area contributed by atoms with Crippen LogP contribution in [0.4, 0.5) is 4.39 Å². The van der Waals surface area contributed by atoms with Gasteiger partial charge < -0.3 is 0 Å². The Labute approximate surface area is 88.5 Å². The summed E-state index contributed by atoms with van der Waals surface area (Å²) in [6.45, 7) is 0.727. The Bertz CT molecular complexity index is 358. The highest BCUT2D eigenvalue weighted by atomic mass is 19.1. The molecule has 0 spiro atoms. The molecular weight excluding hydrogens is 193 g/mol. The van der Waals surface area contributed by atoms with Gasteiger partial charge >= 0.3 is 0 Å². The van der Waals surface area contributed by atoms with E-state index < -0.39 is 5.82 Å². The van der Waals surface area contributed by atoms with E-state index in [0.717, 1.165) is 25.8 Å². The first-order valence-electron chi connectivity index (χ1n) is 5.24. The molecule has 1 heterocycles. The van der Waals surface area contributed by atoms with Crippen molar-refractivity contribution < 1.29 is 9.18 Å². The fourth-order valence-corrected chi connectivity index (χ4v) is 1.84. The summed E-state index contributed by atoms with van der Waals surface area (Å²) in [5.74, 6) is -0.615. The van der Waals surface area contributed by atoms with Crippen molar-refractivity contribution in [3.05, 3.63) is 35.6 Å². The van der Waals surface area contributed by atoms with E-state index >= 15 is 0 Å². The van der Waals surface area contributed by atoms with E-state index in [-0.39, 0.29) is 17.4 Å². The van der Waals surface area contributed by atoms with Crippen molar-refractivity contribution in [3.63, 3.8) is 0 Å². The zero-order valence-electron chi connectivity index (χ0n) is 8.45. The van der Waals surface area contributed by atoms with Gasteiger partial charge in [0, 0.05) is 6.54 Å². The molecule has 0 aliphatic carbocycles. The van der Waals surface area contributed by atoms with Gasteiger partial charge in [-0.3, -0.25) is 4.79 Å². The predicted octanol–water partition coefficient (Wildman–Crippen LogP) is 2.17. The van der Waals surface area contributed by atoms with E-state index in [1.807, 2.05) is 0 Å². The van der Waals surface area contributed by atoms with Gasteiger partial charge in [0.25, 0.3) is 0 Å². The largest absolute Gasteiger partial charge is 0.292 e. The topological polar surface area (TPSA) is 31.2 Å². The molecule has 0 N–H and O–H groups in total. The van der Waals surface area contributed by atoms with Gasteiger partial charge in [-0.25, -0.2) is 9.71 Å². The van der Waals surface area contributed by atoms with E-state index in [1.165, 1.54) is 12.1 Å². The number of halogens is 1. The molecule has 1 aliphatic rings. The molecule has 0 aromatic heterocycles. The second-order valence-electron chi connectivity index (χ2n) is 3.76. The van der Waals surface area contributed by atoms with Gasteiger partial charge in [0.05, 0.1) is 11.6 Å². The number of nitrogens with zero attached hydrogens (tertiary/aromatic N) is 1. The first-order chi connectivity index (χ1) is 7.29. The van der Waals surface area contributed by atoms with E-state index in [2.05, 4.69) is 5.32 Å². The van der Waals surface area contributed by atoms with Crippen LogP contribution in [0.3, 0.4) is 0 Å². The minimum absolute atomic E-state index is 0.173. The highest BCUT2D eigenvalue weighted by molar-refractivity contribution is 6.00. The molecule has 1 fully saturated rings. The summed E-state index contributed by atoms with van der Waals surface area (Å²) in [6.07, 6.45) is 2.81. The Morgan fingerprint density at radius 1 is 1.33 bits per heavy atom. The van der Waals surface area contributed by atoms with Crippen LogP contribution in [0.2, 0.25) is 0 Å². The van der Waals surface area contributed by atoms with E-state index in [1.54, 1.807) is 12.1 Å². The highest BCUT2D eigenvalue weighted by Gasteiger charge is 2.24. The molecular formula is C12H13FNO. The van der Waals surface area contributed by atoms with Crippen LogP contribution >= 0.6 is 0 Å². The molecule has 1 aromatic carbocycles. The van der Waals surface area contributed by atoms with Crippen LogP contribution in [0.15, 0.2) is 24.3 Å². The third kappa shape index (κ3) is 2.23. The van der Waals surface area contributed by atoms with Crippen LogP contribution < -0.4 is 5.32 Å². The molecule has 1 aliphatic heterocycles. The third-order valence-corrected chi connectivity index (χ3v) is 2.68. The van der Waals surface area contributed by atoms with E-state index in [0.29, 0.717) is 0 Å². The van der Waals surface area contributed by atoms with Gasteiger partial charge in [-0.2, -0.15) is 0 Å². The lowest BCUT2D eigenvalue weighted by molar-refractivity contribution is 0.0920. The summed E-state index contributed by atoms with van der Waals surface area (Å²) >= 11 is 0. The van der Waals surface area contributed by atoms with E-state index in [4.69, 9.17) is 0 Å². The maximum absolute atomic E-state index is 13.3. The molecule has 1 unspecified atom stereocenters. The Kier molecular flexibility index (Phi) is 3.11. The number of benzene rings is 1. The van der Waals surface area contributed by atoms with Gasteiger partial charge in [-0.05, 0) is 25.0 Å². The Morgan fingerprint density at radius 2 is 2.13 bits per heavy atom. The van der Waals surface area contributed by atoms with Crippen LogP contribution in [0.25, 0.3) is 0 Å². The summed E-state index contributed by atoms with van der Waals surface area (Å²) in [6, 6.07) is 5.79. The lowest BCUT2D eigenvalue weighted by atomic mass is 9.96. The minimum Gasteiger partial charge on any atom is -0.292 e. The average Bonchev–Trinajstić information content (AvgIpc) is 2.30. The number of rotatable bonds is 2. The van der Waals surface area contributed by atoms with Crippen molar-refractivity contribution in [1.29, 1.82) is 0 Å². The normalized spacial score (nSPS) is 21.3. The number of hydrogen-bond acceptors (Lipinski definition) is 1. The standard InChI is InChI=1S/C12H13FNO/c13-10-6-2-1-5-9(10)12(15)11-7-3-4-8-14-11/h1-2,5-6,11H,3-4,7-8H2. The summed E-state index contributed by atoms with van der Waals surface area (Å²) in [5.41, 5.74) is 0.174. The molecule has 15 heavy (non-hydrogen) atoms. The lowest BCUT2D eigenvalue weighted by Gasteiger charge is -2.20. The van der Waals surface area contributed by atoms with E-state index in [9.17, 15) is 9.18 Å². The Morgan fingerprint density at radius 3 is 2.80 bits per heavy atom. The van der Waals surface area contributed by atoms with Gasteiger partial charge in [0.2, 0.25) is 0 Å². The fraction of sp³-hybridized carbons (Fsp3) is 0.417. The summed E-state index contributed by atoms with van der Waals surface area (Å²) in [5, 5.41) is 4.23. The molecule has 2 nitrogen and oxygen atoms in total. The molecule has 1 radical (unpaired) electrons. The van der Waals surface area contributed by atoms with Crippen LogP contribution in [-0.2, 0) is 0 Å². The maximum atomic E-state index is 13.3. The van der Waals surface area contributed by atoms with Crippen molar-refractivity contribution in [2.75, 3.05) is 6.54 Å². The monoisotopic (exact) mass is 206 g/mol. The summed E-state index contributed by atoms with van der Waals surface area (Å²) < 4.78 is 13.3. The minimum atomic E-state index is -0.441. The second-order valence-corrected chi connectivity index (χ2v) is 3.76. The molecule has 1 saturated heterocycles. The molecule has 0 saturated carbocycles. The molecule has 2 rings (SSSR count). The van der Waals surface area contributed by atoms with Gasteiger partial charge in [0.15, 0.2) is 5.78 Å². The number of carbonyl (C=O) groups is 1. The van der Waals surface area contributed by atoms with Crippen molar-refractivity contribution >= 4 is 5.78 Å². The quantitative estimate of drug-likeness (QED) is 0.682. The number of carbonyl (C=O) groups excluding carboxylic acids is 1. The SMILES string of the molecule is O=C(c1ccccc1F)C1CCCC[N]1. The van der Waals surface area contributed by atoms with Gasteiger partial charge in [-0.1, -0.05) is 18.6 Å². The average molecular weight is 206 g/mol. The zero-order valence-corrected chi connectivity index (χ0v) is 8.45. The first-order valence-corrected chi connectivity index (χ1v) is 5.24. The molecule has 79 valence electrons. The summed E-state index contributed by atoms with van der Waals surface area (Å²) in [4.78, 5) is 11.9. The second kappa shape index (κ2) is 4.53. The Balaban J connectivity index is 2.16. The number of hydrogen-bond donors (Lipinski definition) is 0. The van der Waals surface area contributed by atoms with Crippen LogP contribution in [-0.4, -0.2) is 18.4 Å². The van der Waals surface area contributed by atoms with Crippen molar-refractivity contribution in [2.45, 2.75) is 25.3 Å².